The highest BCUT2D eigenvalue weighted by molar-refractivity contribution is 5.76. The SMILES string of the molecule is CC(=N)N1CCN(C)CC(C)(C)C1. The predicted octanol–water partition coefficient (Wildman–Crippen LogP) is 1.26. The third kappa shape index (κ3) is 2.99. The van der Waals surface area contributed by atoms with E-state index in [4.69, 9.17) is 5.41 Å². The Balaban J connectivity index is 2.67. The Morgan fingerprint density at radius 3 is 2.38 bits per heavy atom. The van der Waals surface area contributed by atoms with Gasteiger partial charge < -0.3 is 9.80 Å². The fraction of sp³-hybridized carbons (Fsp3) is 0.900. The van der Waals surface area contributed by atoms with Crippen molar-refractivity contribution >= 4 is 5.84 Å². The summed E-state index contributed by atoms with van der Waals surface area (Å²) in [6.45, 7) is 10.6. The van der Waals surface area contributed by atoms with Crippen LogP contribution in [-0.2, 0) is 0 Å². The smallest absolute Gasteiger partial charge is 0.0926 e. The number of nitrogens with one attached hydrogen (secondary N) is 1. The van der Waals surface area contributed by atoms with E-state index < -0.39 is 0 Å². The van der Waals surface area contributed by atoms with Gasteiger partial charge >= 0.3 is 0 Å². The van der Waals surface area contributed by atoms with Gasteiger partial charge in [-0.05, 0) is 19.4 Å². The third-order valence-corrected chi connectivity index (χ3v) is 2.54. The highest BCUT2D eigenvalue weighted by Gasteiger charge is 2.27. The lowest BCUT2D eigenvalue weighted by Crippen LogP contribution is -2.37. The van der Waals surface area contributed by atoms with Crippen molar-refractivity contribution in [3.63, 3.8) is 0 Å². The Kier molecular flexibility index (Phi) is 2.96. The molecule has 0 aromatic rings. The van der Waals surface area contributed by atoms with Crippen LogP contribution in [0.4, 0.5) is 0 Å². The summed E-state index contributed by atoms with van der Waals surface area (Å²) in [6, 6.07) is 0. The zero-order valence-electron chi connectivity index (χ0n) is 9.22. The monoisotopic (exact) mass is 183 g/mol. The largest absolute Gasteiger partial charge is 0.359 e. The summed E-state index contributed by atoms with van der Waals surface area (Å²) in [5.41, 5.74) is 0.299. The minimum absolute atomic E-state index is 0.299. The topological polar surface area (TPSA) is 30.3 Å². The van der Waals surface area contributed by atoms with E-state index in [1.165, 1.54) is 0 Å². The van der Waals surface area contributed by atoms with Crippen LogP contribution in [-0.4, -0.2) is 48.9 Å². The Morgan fingerprint density at radius 2 is 1.85 bits per heavy atom. The quantitative estimate of drug-likeness (QED) is 0.452. The van der Waals surface area contributed by atoms with Crippen LogP contribution in [0.3, 0.4) is 0 Å². The Hall–Kier alpha value is -0.570. The molecule has 0 aromatic carbocycles. The molecule has 3 heteroatoms. The molecular formula is C10H21N3. The second kappa shape index (κ2) is 3.66. The van der Waals surface area contributed by atoms with Gasteiger partial charge in [0.05, 0.1) is 5.84 Å². The zero-order chi connectivity index (χ0) is 10.1. The highest BCUT2D eigenvalue weighted by Crippen LogP contribution is 2.20. The van der Waals surface area contributed by atoms with Gasteiger partial charge in [-0.15, -0.1) is 0 Å². The molecule has 1 heterocycles. The number of likely N-dealkylation sites (N-methyl/N-ethyl adjacent to an activating group) is 1. The predicted molar refractivity (Wildman–Crippen MR) is 56.3 cm³/mol. The molecule has 1 fully saturated rings. The van der Waals surface area contributed by atoms with E-state index in [0.29, 0.717) is 11.3 Å². The molecule has 3 nitrogen and oxygen atoms in total. The van der Waals surface area contributed by atoms with Crippen molar-refractivity contribution in [1.29, 1.82) is 5.41 Å². The fourth-order valence-electron chi connectivity index (χ4n) is 2.03. The van der Waals surface area contributed by atoms with Gasteiger partial charge in [0.2, 0.25) is 0 Å². The molecule has 1 aliphatic rings. The number of nitrogens with zero attached hydrogens (tertiary/aromatic N) is 2. The molecular weight excluding hydrogens is 162 g/mol. The number of hydrogen-bond donors (Lipinski definition) is 1. The average Bonchev–Trinajstić information content (AvgIpc) is 2.07. The van der Waals surface area contributed by atoms with E-state index >= 15 is 0 Å². The molecule has 0 atom stereocenters. The lowest BCUT2D eigenvalue weighted by Gasteiger charge is -2.30. The molecule has 0 aromatic heterocycles. The van der Waals surface area contributed by atoms with Gasteiger partial charge in [-0.3, -0.25) is 5.41 Å². The molecule has 13 heavy (non-hydrogen) atoms. The van der Waals surface area contributed by atoms with Crippen molar-refractivity contribution in [1.82, 2.24) is 9.80 Å². The van der Waals surface area contributed by atoms with Gasteiger partial charge in [-0.1, -0.05) is 13.8 Å². The molecule has 1 aliphatic heterocycles. The molecule has 0 aliphatic carbocycles. The molecule has 1 N–H and O–H groups in total. The first-order valence-electron chi connectivity index (χ1n) is 4.89. The highest BCUT2D eigenvalue weighted by atomic mass is 15.2. The van der Waals surface area contributed by atoms with E-state index in [2.05, 4.69) is 30.7 Å². The molecule has 1 rings (SSSR count). The summed E-state index contributed by atoms with van der Waals surface area (Å²) >= 11 is 0. The number of amidine groups is 1. The van der Waals surface area contributed by atoms with Crippen LogP contribution >= 0.6 is 0 Å². The van der Waals surface area contributed by atoms with Crippen molar-refractivity contribution in [2.45, 2.75) is 20.8 Å². The molecule has 0 amide bonds. The van der Waals surface area contributed by atoms with Crippen molar-refractivity contribution in [2.75, 3.05) is 33.2 Å². The Morgan fingerprint density at radius 1 is 1.23 bits per heavy atom. The summed E-state index contributed by atoms with van der Waals surface area (Å²) in [7, 11) is 2.16. The molecule has 1 saturated heterocycles. The molecule has 0 bridgehead atoms. The zero-order valence-corrected chi connectivity index (χ0v) is 9.22. The second-order valence-corrected chi connectivity index (χ2v) is 4.91. The standard InChI is InChI=1S/C10H21N3/c1-9(11)13-6-5-12(4)7-10(2,3)8-13/h11H,5-8H2,1-4H3. The fourth-order valence-corrected chi connectivity index (χ4v) is 2.03. The second-order valence-electron chi connectivity index (χ2n) is 4.91. The molecule has 0 radical (unpaired) electrons. The molecule has 76 valence electrons. The van der Waals surface area contributed by atoms with Gasteiger partial charge in [0.15, 0.2) is 0 Å². The van der Waals surface area contributed by atoms with Crippen molar-refractivity contribution < 1.29 is 0 Å². The summed E-state index contributed by atoms with van der Waals surface area (Å²) in [6.07, 6.45) is 0. The van der Waals surface area contributed by atoms with Gasteiger partial charge in [0.1, 0.15) is 0 Å². The van der Waals surface area contributed by atoms with E-state index in [1.54, 1.807) is 0 Å². The van der Waals surface area contributed by atoms with Crippen LogP contribution in [0, 0.1) is 10.8 Å². The maximum atomic E-state index is 7.64. The summed E-state index contributed by atoms with van der Waals surface area (Å²) in [5, 5.41) is 7.64. The average molecular weight is 183 g/mol. The van der Waals surface area contributed by atoms with Crippen LogP contribution < -0.4 is 0 Å². The van der Waals surface area contributed by atoms with Crippen LogP contribution in [0.1, 0.15) is 20.8 Å². The maximum absolute atomic E-state index is 7.64. The third-order valence-electron chi connectivity index (χ3n) is 2.54. The lowest BCUT2D eigenvalue weighted by molar-refractivity contribution is 0.229. The first-order valence-corrected chi connectivity index (χ1v) is 4.89. The van der Waals surface area contributed by atoms with E-state index in [-0.39, 0.29) is 0 Å². The van der Waals surface area contributed by atoms with Crippen LogP contribution in [0.2, 0.25) is 0 Å². The lowest BCUT2D eigenvalue weighted by atomic mass is 9.93. The Bertz CT molecular complexity index is 198. The first-order chi connectivity index (χ1) is 5.91. The van der Waals surface area contributed by atoms with Gasteiger partial charge in [0.25, 0.3) is 0 Å². The van der Waals surface area contributed by atoms with Crippen LogP contribution in [0.15, 0.2) is 0 Å². The van der Waals surface area contributed by atoms with Gasteiger partial charge in [0, 0.05) is 26.2 Å². The first kappa shape index (κ1) is 10.5. The minimum atomic E-state index is 0.299. The van der Waals surface area contributed by atoms with Crippen LogP contribution in [0.25, 0.3) is 0 Å². The minimum Gasteiger partial charge on any atom is -0.359 e. The molecule has 0 saturated carbocycles. The summed E-state index contributed by atoms with van der Waals surface area (Å²) in [4.78, 5) is 4.52. The van der Waals surface area contributed by atoms with Crippen molar-refractivity contribution in [2.24, 2.45) is 5.41 Å². The number of rotatable bonds is 0. The van der Waals surface area contributed by atoms with E-state index in [9.17, 15) is 0 Å². The number of hydrogen-bond acceptors (Lipinski definition) is 2. The molecule has 0 unspecified atom stereocenters. The normalized spacial score (nSPS) is 24.2. The van der Waals surface area contributed by atoms with Gasteiger partial charge in [-0.25, -0.2) is 0 Å². The van der Waals surface area contributed by atoms with Crippen molar-refractivity contribution in [3.05, 3.63) is 0 Å². The van der Waals surface area contributed by atoms with Crippen LogP contribution in [0.5, 0.6) is 0 Å². The summed E-state index contributed by atoms with van der Waals surface area (Å²) in [5.74, 6) is 0.698. The van der Waals surface area contributed by atoms with E-state index in [0.717, 1.165) is 26.2 Å². The maximum Gasteiger partial charge on any atom is 0.0926 e. The molecule has 0 spiro atoms. The Labute approximate surface area is 81.2 Å². The van der Waals surface area contributed by atoms with Gasteiger partial charge in [-0.2, -0.15) is 0 Å². The summed E-state index contributed by atoms with van der Waals surface area (Å²) < 4.78 is 0. The van der Waals surface area contributed by atoms with Crippen molar-refractivity contribution in [3.8, 4) is 0 Å². The van der Waals surface area contributed by atoms with E-state index in [1.807, 2.05) is 6.92 Å².